The molecule has 1 aliphatic heterocycles. The van der Waals surface area contributed by atoms with Crippen LogP contribution in [0.15, 0.2) is 55.0 Å². The number of piperidine rings is 1. The van der Waals surface area contributed by atoms with Crippen molar-refractivity contribution in [3.05, 3.63) is 77.9 Å². The first kappa shape index (κ1) is 18.2. The van der Waals surface area contributed by atoms with E-state index in [1.807, 2.05) is 24.0 Å². The molecule has 1 atom stereocenters. The molecule has 1 aromatic carbocycles. The Morgan fingerprint density at radius 3 is 2.68 bits per heavy atom. The molecule has 142 valence electrons. The van der Waals surface area contributed by atoms with Gasteiger partial charge in [-0.1, -0.05) is 12.1 Å². The van der Waals surface area contributed by atoms with E-state index in [9.17, 15) is 9.18 Å². The fourth-order valence-electron chi connectivity index (χ4n) is 3.71. The maximum absolute atomic E-state index is 13.3. The van der Waals surface area contributed by atoms with Gasteiger partial charge in [-0.15, -0.1) is 0 Å². The van der Waals surface area contributed by atoms with E-state index in [-0.39, 0.29) is 17.8 Å². The van der Waals surface area contributed by atoms with E-state index in [0.717, 1.165) is 41.8 Å². The van der Waals surface area contributed by atoms with Crippen LogP contribution in [0.5, 0.6) is 0 Å². The molecule has 0 saturated carbocycles. The first-order chi connectivity index (χ1) is 13.6. The Kier molecular flexibility index (Phi) is 5.10. The van der Waals surface area contributed by atoms with Crippen LogP contribution >= 0.6 is 0 Å². The summed E-state index contributed by atoms with van der Waals surface area (Å²) in [6.07, 6.45) is 7.44. The summed E-state index contributed by atoms with van der Waals surface area (Å²) in [5.41, 5.74) is 3.97. The Morgan fingerprint density at radius 1 is 1.11 bits per heavy atom. The van der Waals surface area contributed by atoms with Crippen LogP contribution in [0.3, 0.4) is 0 Å². The van der Waals surface area contributed by atoms with E-state index < -0.39 is 0 Å². The van der Waals surface area contributed by atoms with E-state index in [1.54, 1.807) is 18.3 Å². The molecule has 0 aliphatic carbocycles. The van der Waals surface area contributed by atoms with Crippen molar-refractivity contribution in [1.82, 2.24) is 19.9 Å². The minimum atomic E-state index is -0.261. The molecule has 1 fully saturated rings. The van der Waals surface area contributed by atoms with Crippen LogP contribution in [0.4, 0.5) is 4.39 Å². The Bertz CT molecular complexity index is 976. The highest BCUT2D eigenvalue weighted by Crippen LogP contribution is 2.33. The Balaban J connectivity index is 1.69. The van der Waals surface area contributed by atoms with Gasteiger partial charge in [0.25, 0.3) is 5.91 Å². The third-order valence-corrected chi connectivity index (χ3v) is 5.04. The highest BCUT2D eigenvalue weighted by molar-refractivity contribution is 5.92. The second kappa shape index (κ2) is 7.84. The zero-order valence-electron chi connectivity index (χ0n) is 15.7. The number of carbonyl (C=O) groups is 1. The van der Waals surface area contributed by atoms with Gasteiger partial charge in [-0.3, -0.25) is 14.8 Å². The highest BCUT2D eigenvalue weighted by atomic mass is 19.1. The van der Waals surface area contributed by atoms with Gasteiger partial charge in [-0.25, -0.2) is 9.37 Å². The molecule has 1 amide bonds. The molecule has 28 heavy (non-hydrogen) atoms. The largest absolute Gasteiger partial charge is 0.329 e. The number of aromatic nitrogens is 3. The van der Waals surface area contributed by atoms with Crippen LogP contribution in [0.1, 0.15) is 47.2 Å². The third-order valence-electron chi connectivity index (χ3n) is 5.04. The van der Waals surface area contributed by atoms with Gasteiger partial charge in [0.05, 0.1) is 17.9 Å². The lowest BCUT2D eigenvalue weighted by atomic mass is 9.95. The average molecular weight is 376 g/mol. The van der Waals surface area contributed by atoms with Crippen molar-refractivity contribution in [2.45, 2.75) is 32.2 Å². The second-order valence-electron chi connectivity index (χ2n) is 7.03. The zero-order chi connectivity index (χ0) is 19.5. The van der Waals surface area contributed by atoms with Gasteiger partial charge in [0.1, 0.15) is 11.5 Å². The Morgan fingerprint density at radius 2 is 1.93 bits per heavy atom. The minimum absolute atomic E-state index is 0.109. The van der Waals surface area contributed by atoms with Gasteiger partial charge >= 0.3 is 0 Å². The maximum Gasteiger partial charge on any atom is 0.274 e. The molecule has 0 radical (unpaired) electrons. The SMILES string of the molecule is Cc1cc(-c2ccc(F)cc2)cc(C2CCCCN2C(=O)c2cnccn2)n1. The number of benzene rings is 1. The molecule has 2 aromatic heterocycles. The predicted molar refractivity (Wildman–Crippen MR) is 104 cm³/mol. The molecular weight excluding hydrogens is 355 g/mol. The zero-order valence-corrected chi connectivity index (χ0v) is 15.7. The van der Waals surface area contributed by atoms with Crippen LogP contribution in [-0.4, -0.2) is 32.3 Å². The monoisotopic (exact) mass is 376 g/mol. The molecule has 0 bridgehead atoms. The van der Waals surface area contributed by atoms with Crippen LogP contribution in [0, 0.1) is 12.7 Å². The quantitative estimate of drug-likeness (QED) is 0.682. The fourth-order valence-corrected chi connectivity index (χ4v) is 3.71. The third kappa shape index (κ3) is 3.76. The number of amides is 1. The van der Waals surface area contributed by atoms with E-state index in [4.69, 9.17) is 4.98 Å². The molecule has 4 rings (SSSR count). The van der Waals surface area contributed by atoms with Gasteiger partial charge in [0.2, 0.25) is 0 Å². The molecule has 0 N–H and O–H groups in total. The van der Waals surface area contributed by atoms with Crippen molar-refractivity contribution < 1.29 is 9.18 Å². The van der Waals surface area contributed by atoms with Gasteiger partial charge in [-0.2, -0.15) is 0 Å². The van der Waals surface area contributed by atoms with Gasteiger partial charge in [0, 0.05) is 24.6 Å². The number of likely N-dealkylation sites (tertiary alicyclic amines) is 1. The molecular formula is C22H21FN4O. The summed E-state index contributed by atoms with van der Waals surface area (Å²) >= 11 is 0. The van der Waals surface area contributed by atoms with Gasteiger partial charge in [-0.05, 0) is 61.6 Å². The van der Waals surface area contributed by atoms with Crippen LogP contribution in [0.25, 0.3) is 11.1 Å². The summed E-state index contributed by atoms with van der Waals surface area (Å²) in [4.78, 5) is 27.8. The van der Waals surface area contributed by atoms with E-state index in [1.165, 1.54) is 24.5 Å². The molecule has 0 spiro atoms. The molecule has 3 aromatic rings. The van der Waals surface area contributed by atoms with Crippen molar-refractivity contribution in [2.75, 3.05) is 6.54 Å². The number of hydrogen-bond donors (Lipinski definition) is 0. The summed E-state index contributed by atoms with van der Waals surface area (Å²) in [5, 5.41) is 0. The van der Waals surface area contributed by atoms with Crippen molar-refractivity contribution in [1.29, 1.82) is 0 Å². The lowest BCUT2D eigenvalue weighted by molar-refractivity contribution is 0.0599. The Hall–Kier alpha value is -3.15. The van der Waals surface area contributed by atoms with Crippen molar-refractivity contribution in [3.8, 4) is 11.1 Å². The van der Waals surface area contributed by atoms with Crippen molar-refractivity contribution in [3.63, 3.8) is 0 Å². The first-order valence-electron chi connectivity index (χ1n) is 9.43. The average Bonchev–Trinajstić information content (AvgIpc) is 2.74. The lowest BCUT2D eigenvalue weighted by Gasteiger charge is -2.35. The van der Waals surface area contributed by atoms with E-state index in [0.29, 0.717) is 12.2 Å². The number of halogens is 1. The topological polar surface area (TPSA) is 59.0 Å². The Labute approximate surface area is 163 Å². The summed E-state index contributed by atoms with van der Waals surface area (Å²) in [7, 11) is 0. The molecule has 3 heterocycles. The molecule has 1 aliphatic rings. The van der Waals surface area contributed by atoms with Crippen molar-refractivity contribution in [2.24, 2.45) is 0 Å². The molecule has 1 unspecified atom stereocenters. The van der Waals surface area contributed by atoms with E-state index >= 15 is 0 Å². The van der Waals surface area contributed by atoms with Crippen LogP contribution < -0.4 is 0 Å². The standard InChI is InChI=1S/C22H21FN4O/c1-15-12-17(16-5-7-18(23)8-6-16)13-19(26-15)21-4-2-3-11-27(21)22(28)20-14-24-9-10-25-20/h5-10,12-14,21H,2-4,11H2,1H3. The predicted octanol–water partition coefficient (Wildman–Crippen LogP) is 4.35. The summed E-state index contributed by atoms with van der Waals surface area (Å²) in [6, 6.07) is 10.3. The number of hydrogen-bond acceptors (Lipinski definition) is 4. The highest BCUT2D eigenvalue weighted by Gasteiger charge is 2.30. The minimum Gasteiger partial charge on any atom is -0.329 e. The van der Waals surface area contributed by atoms with Gasteiger partial charge in [0.15, 0.2) is 0 Å². The molecule has 1 saturated heterocycles. The smallest absolute Gasteiger partial charge is 0.274 e. The van der Waals surface area contributed by atoms with Crippen LogP contribution in [-0.2, 0) is 0 Å². The van der Waals surface area contributed by atoms with Gasteiger partial charge < -0.3 is 4.90 Å². The number of carbonyl (C=O) groups excluding carboxylic acids is 1. The summed E-state index contributed by atoms with van der Waals surface area (Å²) < 4.78 is 13.3. The first-order valence-corrected chi connectivity index (χ1v) is 9.43. The normalized spacial score (nSPS) is 16.8. The maximum atomic E-state index is 13.3. The number of rotatable bonds is 3. The van der Waals surface area contributed by atoms with Crippen LogP contribution in [0.2, 0.25) is 0 Å². The second-order valence-corrected chi connectivity index (χ2v) is 7.03. The summed E-state index contributed by atoms with van der Waals surface area (Å²) in [6.45, 7) is 2.61. The molecule has 5 nitrogen and oxygen atoms in total. The summed E-state index contributed by atoms with van der Waals surface area (Å²) in [5.74, 6) is -0.382. The number of nitrogens with zero attached hydrogens (tertiary/aromatic N) is 4. The fraction of sp³-hybridized carbons (Fsp3) is 0.273. The number of aryl methyl sites for hydroxylation is 1. The lowest BCUT2D eigenvalue weighted by Crippen LogP contribution is -2.39. The molecule has 6 heteroatoms. The van der Waals surface area contributed by atoms with Crippen molar-refractivity contribution >= 4 is 5.91 Å². The van der Waals surface area contributed by atoms with E-state index in [2.05, 4.69) is 9.97 Å². The number of pyridine rings is 1.